The van der Waals surface area contributed by atoms with Gasteiger partial charge in [-0.2, -0.15) is 0 Å². The van der Waals surface area contributed by atoms with Gasteiger partial charge in [0.15, 0.2) is 0 Å². The van der Waals surface area contributed by atoms with Gasteiger partial charge in [-0.05, 0) is 12.1 Å². The molecule has 1 aromatic heterocycles. The molecule has 0 saturated carbocycles. The van der Waals surface area contributed by atoms with Crippen LogP contribution in [-0.4, -0.2) is 38.3 Å². The van der Waals surface area contributed by atoms with Crippen LogP contribution in [0.25, 0.3) is 0 Å². The smallest absolute Gasteiger partial charge is 0.147 e. The first-order chi connectivity index (χ1) is 7.15. The maximum absolute atomic E-state index is 6.00. The normalized spacial score (nSPS) is 12.5. The van der Waals surface area contributed by atoms with Gasteiger partial charge in [0, 0.05) is 32.9 Å². The van der Waals surface area contributed by atoms with Gasteiger partial charge in [0.25, 0.3) is 0 Å². The number of pyridine rings is 1. The lowest BCUT2D eigenvalue weighted by Crippen LogP contribution is -2.38. The Balaban J connectivity index is 2.61. The summed E-state index contributed by atoms with van der Waals surface area (Å²) in [5, 5.41) is 0.629. The van der Waals surface area contributed by atoms with E-state index in [-0.39, 0.29) is 6.04 Å². The second kappa shape index (κ2) is 5.90. The lowest BCUT2D eigenvalue weighted by atomic mass is 10.3. The molecule has 5 heteroatoms. The van der Waals surface area contributed by atoms with E-state index in [9.17, 15) is 0 Å². The van der Waals surface area contributed by atoms with Crippen molar-refractivity contribution in [2.45, 2.75) is 6.04 Å². The summed E-state index contributed by atoms with van der Waals surface area (Å²) in [4.78, 5) is 6.11. The Morgan fingerprint density at radius 1 is 1.67 bits per heavy atom. The van der Waals surface area contributed by atoms with E-state index < -0.39 is 0 Å². The number of nitrogens with two attached hydrogens (primary N) is 1. The number of nitrogens with zero attached hydrogens (tertiary/aromatic N) is 2. The van der Waals surface area contributed by atoms with Crippen LogP contribution in [0.3, 0.4) is 0 Å². The second-order valence-corrected chi connectivity index (χ2v) is 3.81. The molecule has 84 valence electrons. The Kier molecular flexibility index (Phi) is 4.81. The molecular formula is C10H16ClN3O. The zero-order valence-electron chi connectivity index (χ0n) is 8.98. The molecule has 0 bridgehead atoms. The molecule has 0 amide bonds. The minimum atomic E-state index is -0.0435. The highest BCUT2D eigenvalue weighted by Gasteiger charge is 2.10. The van der Waals surface area contributed by atoms with Crippen LogP contribution in [0.15, 0.2) is 18.3 Å². The first kappa shape index (κ1) is 12.2. The highest BCUT2D eigenvalue weighted by atomic mass is 35.5. The summed E-state index contributed by atoms with van der Waals surface area (Å²) in [7, 11) is 3.54. The van der Waals surface area contributed by atoms with Crippen LogP contribution < -0.4 is 10.6 Å². The van der Waals surface area contributed by atoms with Crippen molar-refractivity contribution in [1.29, 1.82) is 0 Å². The molecule has 0 radical (unpaired) electrons. The number of hydrogen-bond donors (Lipinski definition) is 1. The number of methoxy groups -OCH3 is 1. The van der Waals surface area contributed by atoms with E-state index in [0.717, 1.165) is 5.82 Å². The highest BCUT2D eigenvalue weighted by Crippen LogP contribution is 2.20. The summed E-state index contributed by atoms with van der Waals surface area (Å²) < 4.78 is 4.97. The number of aromatic nitrogens is 1. The minimum Gasteiger partial charge on any atom is -0.383 e. The number of likely N-dealkylation sites (N-methyl/N-ethyl adjacent to an activating group) is 1. The molecule has 1 rings (SSSR count). The number of rotatable bonds is 5. The quantitative estimate of drug-likeness (QED) is 0.823. The van der Waals surface area contributed by atoms with Crippen molar-refractivity contribution in [1.82, 2.24) is 4.98 Å². The van der Waals surface area contributed by atoms with Crippen molar-refractivity contribution in [2.75, 3.05) is 32.2 Å². The van der Waals surface area contributed by atoms with Gasteiger partial charge in [-0.1, -0.05) is 11.6 Å². The standard InChI is InChI=1S/C10H16ClN3O/c1-14(6-8(12)7-15-2)10-9(11)4-3-5-13-10/h3-5,8H,6-7,12H2,1-2H3. The Labute approximate surface area is 95.0 Å². The molecule has 0 aliphatic rings. The highest BCUT2D eigenvalue weighted by molar-refractivity contribution is 6.32. The number of halogens is 1. The maximum atomic E-state index is 6.00. The fourth-order valence-corrected chi connectivity index (χ4v) is 1.63. The molecule has 1 unspecified atom stereocenters. The summed E-state index contributed by atoms with van der Waals surface area (Å²) in [5.74, 6) is 0.741. The molecule has 4 nitrogen and oxygen atoms in total. The van der Waals surface area contributed by atoms with Crippen molar-refractivity contribution in [3.63, 3.8) is 0 Å². The van der Waals surface area contributed by atoms with E-state index in [4.69, 9.17) is 22.1 Å². The van der Waals surface area contributed by atoms with E-state index >= 15 is 0 Å². The third kappa shape index (κ3) is 3.66. The van der Waals surface area contributed by atoms with Crippen LogP contribution in [0.2, 0.25) is 5.02 Å². The van der Waals surface area contributed by atoms with Gasteiger partial charge in [0.2, 0.25) is 0 Å². The van der Waals surface area contributed by atoms with Crippen molar-refractivity contribution in [2.24, 2.45) is 5.73 Å². The summed E-state index contributed by atoms with van der Waals surface area (Å²) in [5.41, 5.74) is 5.84. The zero-order chi connectivity index (χ0) is 11.3. The van der Waals surface area contributed by atoms with E-state index in [2.05, 4.69) is 4.98 Å². The van der Waals surface area contributed by atoms with E-state index in [1.807, 2.05) is 18.0 Å². The van der Waals surface area contributed by atoms with Crippen molar-refractivity contribution in [3.8, 4) is 0 Å². The van der Waals surface area contributed by atoms with Crippen molar-refractivity contribution >= 4 is 17.4 Å². The lowest BCUT2D eigenvalue weighted by molar-refractivity contribution is 0.181. The fourth-order valence-electron chi connectivity index (χ4n) is 1.36. The molecule has 15 heavy (non-hydrogen) atoms. The second-order valence-electron chi connectivity index (χ2n) is 3.40. The summed E-state index contributed by atoms with van der Waals surface area (Å²) in [6.45, 7) is 1.18. The molecule has 0 aromatic carbocycles. The molecular weight excluding hydrogens is 214 g/mol. The van der Waals surface area contributed by atoms with Crippen LogP contribution in [-0.2, 0) is 4.74 Å². The Hall–Kier alpha value is -0.840. The largest absolute Gasteiger partial charge is 0.383 e. The molecule has 0 spiro atoms. The van der Waals surface area contributed by atoms with Crippen molar-refractivity contribution < 1.29 is 4.74 Å². The van der Waals surface area contributed by atoms with Gasteiger partial charge < -0.3 is 15.4 Å². The average Bonchev–Trinajstić information content (AvgIpc) is 2.18. The first-order valence-corrected chi connectivity index (χ1v) is 5.09. The van der Waals surface area contributed by atoms with Crippen LogP contribution in [0.1, 0.15) is 0 Å². The number of hydrogen-bond acceptors (Lipinski definition) is 4. The Morgan fingerprint density at radius 2 is 2.40 bits per heavy atom. The van der Waals surface area contributed by atoms with Crippen molar-refractivity contribution in [3.05, 3.63) is 23.4 Å². The van der Waals surface area contributed by atoms with Gasteiger partial charge >= 0.3 is 0 Å². The predicted molar refractivity (Wildman–Crippen MR) is 62.4 cm³/mol. The van der Waals surface area contributed by atoms with E-state index in [1.165, 1.54) is 0 Å². The van der Waals surface area contributed by atoms with Crippen LogP contribution in [0.4, 0.5) is 5.82 Å². The molecule has 0 aliphatic heterocycles. The first-order valence-electron chi connectivity index (χ1n) is 4.71. The third-order valence-electron chi connectivity index (χ3n) is 1.99. The minimum absolute atomic E-state index is 0.0435. The average molecular weight is 230 g/mol. The third-order valence-corrected chi connectivity index (χ3v) is 2.28. The van der Waals surface area contributed by atoms with Gasteiger partial charge in [0.05, 0.1) is 11.6 Å². The number of ether oxygens (including phenoxy) is 1. The van der Waals surface area contributed by atoms with Crippen LogP contribution >= 0.6 is 11.6 Å². The topological polar surface area (TPSA) is 51.4 Å². The molecule has 1 aromatic rings. The SMILES string of the molecule is COCC(N)CN(C)c1ncccc1Cl. The Bertz CT molecular complexity index is 308. The summed E-state index contributed by atoms with van der Waals surface area (Å²) >= 11 is 6.00. The molecule has 0 saturated heterocycles. The molecule has 0 fully saturated rings. The monoisotopic (exact) mass is 229 g/mol. The zero-order valence-corrected chi connectivity index (χ0v) is 9.74. The number of anilines is 1. The molecule has 1 atom stereocenters. The molecule has 1 heterocycles. The van der Waals surface area contributed by atoms with Gasteiger partial charge in [-0.3, -0.25) is 0 Å². The summed E-state index contributed by atoms with van der Waals surface area (Å²) in [6.07, 6.45) is 1.71. The Morgan fingerprint density at radius 3 is 3.00 bits per heavy atom. The summed E-state index contributed by atoms with van der Waals surface area (Å²) in [6, 6.07) is 3.56. The lowest BCUT2D eigenvalue weighted by Gasteiger charge is -2.22. The fraction of sp³-hybridized carbons (Fsp3) is 0.500. The van der Waals surface area contributed by atoms with Gasteiger partial charge in [-0.15, -0.1) is 0 Å². The van der Waals surface area contributed by atoms with Gasteiger partial charge in [-0.25, -0.2) is 4.98 Å². The van der Waals surface area contributed by atoms with Crippen LogP contribution in [0.5, 0.6) is 0 Å². The predicted octanol–water partition coefficient (Wildman–Crippen LogP) is 1.14. The molecule has 2 N–H and O–H groups in total. The molecule has 0 aliphatic carbocycles. The van der Waals surface area contributed by atoms with Gasteiger partial charge in [0.1, 0.15) is 5.82 Å². The van der Waals surface area contributed by atoms with E-state index in [1.54, 1.807) is 19.4 Å². The van der Waals surface area contributed by atoms with Crippen LogP contribution in [0, 0.1) is 0 Å². The van der Waals surface area contributed by atoms with E-state index in [0.29, 0.717) is 18.2 Å². The maximum Gasteiger partial charge on any atom is 0.147 e.